The summed E-state index contributed by atoms with van der Waals surface area (Å²) >= 11 is 0. The van der Waals surface area contributed by atoms with Gasteiger partial charge in [-0.1, -0.05) is 82.3 Å². The normalized spacial score (nSPS) is 19.7. The molecule has 7 nitrogen and oxygen atoms in total. The molecule has 0 saturated carbocycles. The molecule has 1 aliphatic heterocycles. The molecule has 0 unspecified atom stereocenters. The number of Topliss-reactive ketones (excluding diaryl/α,β-unsaturated/α-hetero) is 2. The zero-order valence-corrected chi connectivity index (χ0v) is 27.2. The number of methoxy groups -OCH3 is 1. The third-order valence-electron chi connectivity index (χ3n) is 8.96. The van der Waals surface area contributed by atoms with Gasteiger partial charge in [0.25, 0.3) is 0 Å². The second kappa shape index (κ2) is 11.3. The summed E-state index contributed by atoms with van der Waals surface area (Å²) < 4.78 is 37.3. The van der Waals surface area contributed by atoms with Gasteiger partial charge in [0.2, 0.25) is 0 Å². The Morgan fingerprint density at radius 1 is 0.733 bits per heavy atom. The first-order valence-electron chi connectivity index (χ1n) is 15.3. The highest BCUT2D eigenvalue weighted by Crippen LogP contribution is 2.55. The Bertz CT molecular complexity index is 1780. The van der Waals surface area contributed by atoms with E-state index in [4.69, 9.17) is 8.92 Å². The Morgan fingerprint density at radius 3 is 1.80 bits per heavy atom. The lowest BCUT2D eigenvalue weighted by Gasteiger charge is -2.49. The van der Waals surface area contributed by atoms with Crippen LogP contribution in [0.2, 0.25) is 0 Å². The maximum Gasteiger partial charge on any atom is 0.339 e. The average molecular weight is 626 g/mol. The van der Waals surface area contributed by atoms with Crippen LogP contribution in [0.25, 0.3) is 0 Å². The van der Waals surface area contributed by atoms with Crippen molar-refractivity contribution in [2.45, 2.75) is 70.7 Å². The largest absolute Gasteiger partial charge is 0.493 e. The molecule has 3 aromatic carbocycles. The number of carbonyl (C=O) groups is 2. The highest BCUT2D eigenvalue weighted by atomic mass is 32.2. The molecule has 0 amide bonds. The van der Waals surface area contributed by atoms with Crippen LogP contribution in [0.4, 0.5) is 0 Å². The van der Waals surface area contributed by atoms with Gasteiger partial charge >= 0.3 is 10.1 Å². The molecular formula is C37H39NO6S. The Balaban J connectivity index is 1.51. The molecule has 0 bridgehead atoms. The van der Waals surface area contributed by atoms with Crippen LogP contribution in [-0.2, 0) is 26.3 Å². The quantitative estimate of drug-likeness (QED) is 0.254. The third-order valence-corrected chi connectivity index (χ3v) is 10.2. The summed E-state index contributed by atoms with van der Waals surface area (Å²) in [4.78, 5) is 30.6. The number of nitrogens with zero attached hydrogens (tertiary/aromatic N) is 1. The predicted molar refractivity (Wildman–Crippen MR) is 172 cm³/mol. The van der Waals surface area contributed by atoms with Crippen molar-refractivity contribution in [2.75, 3.05) is 7.11 Å². The maximum atomic E-state index is 14.1. The average Bonchev–Trinajstić information content (AvgIpc) is 2.98. The standard InChI is InChI=1S/C37H39NO6S/c1-36(2)19-27-34(29(39)21-36)33(25-16-17-31(32(18-25)43-5)44-45(41,42)26-14-10-7-11-15-26)35-28(20-37(3,4)22-30(35)40)38(27)23-24-12-8-6-9-13-24/h6-18,33H,19-23H2,1-5H3. The molecule has 1 heterocycles. The molecule has 3 aromatic rings. The fourth-order valence-corrected chi connectivity index (χ4v) is 7.98. The Morgan fingerprint density at radius 2 is 1.27 bits per heavy atom. The summed E-state index contributed by atoms with van der Waals surface area (Å²) in [6.07, 6.45) is 2.13. The third kappa shape index (κ3) is 5.96. The predicted octanol–water partition coefficient (Wildman–Crippen LogP) is 7.35. The summed E-state index contributed by atoms with van der Waals surface area (Å²) in [5, 5.41) is 0. The van der Waals surface area contributed by atoms with E-state index < -0.39 is 16.0 Å². The Labute approximate surface area is 265 Å². The van der Waals surface area contributed by atoms with E-state index in [9.17, 15) is 18.0 Å². The van der Waals surface area contributed by atoms with Crippen molar-refractivity contribution in [3.8, 4) is 11.5 Å². The minimum absolute atomic E-state index is 0.0253. The van der Waals surface area contributed by atoms with Crippen LogP contribution in [0.1, 0.15) is 70.4 Å². The van der Waals surface area contributed by atoms with Gasteiger partial charge in [0, 0.05) is 47.8 Å². The van der Waals surface area contributed by atoms with Gasteiger partial charge in [0.15, 0.2) is 23.1 Å². The van der Waals surface area contributed by atoms with Crippen molar-refractivity contribution in [1.82, 2.24) is 4.90 Å². The lowest BCUT2D eigenvalue weighted by molar-refractivity contribution is -0.119. The Hall–Kier alpha value is -4.17. The SMILES string of the molecule is COc1cc(C2C3=C(CC(C)(C)CC3=O)N(Cc3ccccc3)C3=C2C(=O)CC(C)(C)C3)ccc1OS(=O)(=O)c1ccccc1. The summed E-state index contributed by atoms with van der Waals surface area (Å²) in [7, 11) is -2.67. The highest BCUT2D eigenvalue weighted by Gasteiger charge is 2.49. The number of ether oxygens (including phenoxy) is 1. The first kappa shape index (κ1) is 30.8. The number of rotatable bonds is 7. The number of hydrogen-bond acceptors (Lipinski definition) is 7. The van der Waals surface area contributed by atoms with Crippen LogP contribution in [0.15, 0.2) is 106 Å². The zero-order chi connectivity index (χ0) is 32.1. The van der Waals surface area contributed by atoms with Crippen LogP contribution >= 0.6 is 0 Å². The number of benzene rings is 3. The van der Waals surface area contributed by atoms with E-state index in [1.807, 2.05) is 18.2 Å². The van der Waals surface area contributed by atoms with E-state index in [0.29, 0.717) is 48.9 Å². The van der Waals surface area contributed by atoms with Gasteiger partial charge in [-0.2, -0.15) is 8.42 Å². The van der Waals surface area contributed by atoms with Crippen molar-refractivity contribution in [1.29, 1.82) is 0 Å². The second-order valence-electron chi connectivity index (χ2n) is 13.9. The minimum Gasteiger partial charge on any atom is -0.493 e. The summed E-state index contributed by atoms with van der Waals surface area (Å²) in [5.41, 5.74) is 4.50. The van der Waals surface area contributed by atoms with Crippen LogP contribution in [0.5, 0.6) is 11.5 Å². The van der Waals surface area contributed by atoms with E-state index in [0.717, 1.165) is 17.0 Å². The smallest absolute Gasteiger partial charge is 0.339 e. The zero-order valence-electron chi connectivity index (χ0n) is 26.4. The molecule has 0 fully saturated rings. The van der Waals surface area contributed by atoms with Crippen LogP contribution in [-0.4, -0.2) is 32.0 Å². The van der Waals surface area contributed by atoms with Crippen molar-refractivity contribution < 1.29 is 26.9 Å². The molecule has 45 heavy (non-hydrogen) atoms. The number of carbonyl (C=O) groups excluding carboxylic acids is 2. The fourth-order valence-electron chi connectivity index (χ4n) is 7.02. The molecule has 234 valence electrons. The first-order valence-corrected chi connectivity index (χ1v) is 16.7. The van der Waals surface area contributed by atoms with Crippen molar-refractivity contribution in [2.24, 2.45) is 10.8 Å². The summed E-state index contributed by atoms with van der Waals surface area (Å²) in [6.45, 7) is 9.03. The lowest BCUT2D eigenvalue weighted by atomic mass is 9.63. The first-order chi connectivity index (χ1) is 21.3. The van der Waals surface area contributed by atoms with E-state index in [1.165, 1.54) is 19.2 Å². The van der Waals surface area contributed by atoms with Gasteiger partial charge < -0.3 is 13.8 Å². The lowest BCUT2D eigenvalue weighted by Crippen LogP contribution is -2.44. The highest BCUT2D eigenvalue weighted by molar-refractivity contribution is 7.87. The summed E-state index contributed by atoms with van der Waals surface area (Å²) in [6, 6.07) is 23.1. The molecular weight excluding hydrogens is 586 g/mol. The van der Waals surface area contributed by atoms with E-state index in [-0.39, 0.29) is 38.8 Å². The van der Waals surface area contributed by atoms with Crippen LogP contribution < -0.4 is 8.92 Å². The molecule has 0 aromatic heterocycles. The second-order valence-corrected chi connectivity index (χ2v) is 15.4. The topological polar surface area (TPSA) is 90.0 Å². The van der Waals surface area contributed by atoms with Crippen molar-refractivity contribution >= 4 is 21.7 Å². The van der Waals surface area contributed by atoms with Crippen LogP contribution in [0, 0.1) is 10.8 Å². The summed E-state index contributed by atoms with van der Waals surface area (Å²) in [5.74, 6) is -0.306. The van der Waals surface area contributed by atoms with E-state index in [1.54, 1.807) is 36.4 Å². The fraction of sp³-hybridized carbons (Fsp3) is 0.351. The van der Waals surface area contributed by atoms with Gasteiger partial charge in [-0.15, -0.1) is 0 Å². The number of hydrogen-bond donors (Lipinski definition) is 0. The maximum absolute atomic E-state index is 14.1. The molecule has 8 heteroatoms. The molecule has 2 aliphatic carbocycles. The van der Waals surface area contributed by atoms with Gasteiger partial charge in [-0.3, -0.25) is 9.59 Å². The molecule has 0 N–H and O–H groups in total. The van der Waals surface area contributed by atoms with Gasteiger partial charge in [0.1, 0.15) is 4.90 Å². The molecule has 6 rings (SSSR count). The minimum atomic E-state index is -4.12. The van der Waals surface area contributed by atoms with E-state index in [2.05, 4.69) is 44.7 Å². The monoisotopic (exact) mass is 625 g/mol. The number of ketones is 2. The number of allylic oxidation sites excluding steroid dienone is 4. The van der Waals surface area contributed by atoms with Crippen LogP contribution in [0.3, 0.4) is 0 Å². The van der Waals surface area contributed by atoms with Crippen molar-refractivity contribution in [3.63, 3.8) is 0 Å². The Kier molecular flexibility index (Phi) is 7.76. The molecule has 0 radical (unpaired) electrons. The molecule has 0 spiro atoms. The van der Waals surface area contributed by atoms with Gasteiger partial charge in [-0.25, -0.2) is 0 Å². The molecule has 0 saturated heterocycles. The van der Waals surface area contributed by atoms with E-state index >= 15 is 0 Å². The van der Waals surface area contributed by atoms with Gasteiger partial charge in [-0.05, 0) is 59.1 Å². The van der Waals surface area contributed by atoms with Gasteiger partial charge in [0.05, 0.1) is 7.11 Å². The molecule has 0 atom stereocenters. The van der Waals surface area contributed by atoms with Crippen molar-refractivity contribution in [3.05, 3.63) is 113 Å². The molecule has 3 aliphatic rings.